The van der Waals surface area contributed by atoms with Gasteiger partial charge in [0.15, 0.2) is 5.69 Å². The number of carbonyl (C=O) groups is 6. The number of anilines is 1. The fourth-order valence-electron chi connectivity index (χ4n) is 8.20. The van der Waals surface area contributed by atoms with Gasteiger partial charge in [0.25, 0.3) is 11.8 Å². The van der Waals surface area contributed by atoms with Crippen molar-refractivity contribution in [3.8, 4) is 10.4 Å². The smallest absolute Gasteiger partial charge is 0.274 e. The number of nitrogens with zero attached hydrogens (tertiary/aromatic N) is 4. The molecule has 2 aliphatic heterocycles. The van der Waals surface area contributed by atoms with Crippen LogP contribution in [0, 0.1) is 12.3 Å². The molecule has 0 aliphatic carbocycles. The van der Waals surface area contributed by atoms with Crippen LogP contribution in [0.5, 0.6) is 0 Å². The second kappa shape index (κ2) is 27.7. The van der Waals surface area contributed by atoms with Crippen molar-refractivity contribution in [2.45, 2.75) is 97.1 Å². The monoisotopic (exact) mass is 1070 g/mol. The summed E-state index contributed by atoms with van der Waals surface area (Å²) in [6.45, 7) is 10.7. The normalized spacial score (nSPS) is 16.5. The van der Waals surface area contributed by atoms with E-state index in [1.54, 1.807) is 35.0 Å². The maximum Gasteiger partial charge on any atom is 0.274 e. The molecule has 20 nitrogen and oxygen atoms in total. The van der Waals surface area contributed by atoms with Crippen LogP contribution in [0.2, 0.25) is 10.0 Å². The van der Waals surface area contributed by atoms with Crippen molar-refractivity contribution >= 4 is 75.7 Å². The SMILES string of the molecule is Cc1ncsc1-c1ccc(CNC(=O)[C@@H]2C[C@@H](O)CN2C(=O)[C@@H](NC(=O)CCOCCOCCOCCC(=O)NCCn2cc(NC(=O)c3c(Cl)cccc3Cl)c(C(=O)NC3CCNCC3)n2)C(C)(C)C)cc1. The van der Waals surface area contributed by atoms with Gasteiger partial charge in [-0.15, -0.1) is 11.3 Å². The third kappa shape index (κ3) is 17.0. The number of ether oxygens (including phenoxy) is 3. The third-order valence-corrected chi connectivity index (χ3v) is 13.8. The number of halogens is 2. The number of likely N-dealkylation sites (tertiary alicyclic amines) is 1. The first-order chi connectivity index (χ1) is 35.0. The van der Waals surface area contributed by atoms with Crippen LogP contribution in [0.25, 0.3) is 10.4 Å². The number of aliphatic hydroxyl groups is 1. The molecule has 2 aromatic carbocycles. The van der Waals surface area contributed by atoms with E-state index >= 15 is 0 Å². The number of piperidine rings is 1. The minimum absolute atomic E-state index is 0.0167. The summed E-state index contributed by atoms with van der Waals surface area (Å²) in [7, 11) is 0. The molecule has 0 radical (unpaired) electrons. The number of nitrogens with one attached hydrogen (secondary N) is 6. The summed E-state index contributed by atoms with van der Waals surface area (Å²) in [5.74, 6) is -2.53. The Kier molecular flexibility index (Phi) is 21.5. The van der Waals surface area contributed by atoms with Crippen molar-refractivity contribution in [3.05, 3.63) is 86.7 Å². The van der Waals surface area contributed by atoms with E-state index in [1.807, 2.05) is 52.0 Å². The number of amides is 6. The summed E-state index contributed by atoms with van der Waals surface area (Å²) < 4.78 is 18.2. The van der Waals surface area contributed by atoms with Crippen molar-refractivity contribution < 1.29 is 48.1 Å². The lowest BCUT2D eigenvalue weighted by Gasteiger charge is -2.35. The molecule has 3 atom stereocenters. The van der Waals surface area contributed by atoms with Crippen LogP contribution >= 0.6 is 34.5 Å². The minimum atomic E-state index is -0.962. The van der Waals surface area contributed by atoms with Crippen molar-refractivity contribution in [3.63, 3.8) is 0 Å². The fraction of sp³-hybridized carbons (Fsp3) is 0.520. The van der Waals surface area contributed by atoms with Gasteiger partial charge in [0.2, 0.25) is 23.6 Å². The summed E-state index contributed by atoms with van der Waals surface area (Å²) in [6, 6.07) is 10.6. The van der Waals surface area contributed by atoms with Crippen molar-refractivity contribution in [1.29, 1.82) is 0 Å². The highest BCUT2D eigenvalue weighted by molar-refractivity contribution is 7.13. The Bertz CT molecular complexity index is 2490. The number of thiazole rings is 1. The number of hydrogen-bond acceptors (Lipinski definition) is 14. The van der Waals surface area contributed by atoms with Crippen LogP contribution < -0.4 is 31.9 Å². The predicted octanol–water partition coefficient (Wildman–Crippen LogP) is 4.11. The second-order valence-electron chi connectivity index (χ2n) is 18.8. The van der Waals surface area contributed by atoms with Gasteiger partial charge in [0.1, 0.15) is 12.1 Å². The molecule has 396 valence electrons. The molecule has 0 unspecified atom stereocenters. The molecule has 2 aromatic heterocycles. The Labute approximate surface area is 439 Å². The molecule has 7 N–H and O–H groups in total. The number of hydrogen-bond donors (Lipinski definition) is 7. The van der Waals surface area contributed by atoms with E-state index in [-0.39, 0.29) is 130 Å². The van der Waals surface area contributed by atoms with Crippen LogP contribution in [0.4, 0.5) is 5.69 Å². The number of aryl methyl sites for hydroxylation is 1. The lowest BCUT2D eigenvalue weighted by atomic mass is 9.85. The maximum absolute atomic E-state index is 14.0. The molecule has 4 heterocycles. The predicted molar refractivity (Wildman–Crippen MR) is 276 cm³/mol. The van der Waals surface area contributed by atoms with Gasteiger partial charge in [-0.2, -0.15) is 5.10 Å². The van der Waals surface area contributed by atoms with Gasteiger partial charge in [-0.25, -0.2) is 4.98 Å². The van der Waals surface area contributed by atoms with E-state index in [0.29, 0.717) is 0 Å². The largest absolute Gasteiger partial charge is 0.391 e. The summed E-state index contributed by atoms with van der Waals surface area (Å²) in [6.07, 6.45) is 2.30. The van der Waals surface area contributed by atoms with Crippen LogP contribution in [0.1, 0.15) is 85.0 Å². The number of carbonyl (C=O) groups excluding carboxylic acids is 6. The summed E-state index contributed by atoms with van der Waals surface area (Å²) >= 11 is 14.1. The average molecular weight is 1070 g/mol. The second-order valence-corrected chi connectivity index (χ2v) is 20.5. The Morgan fingerprint density at radius 3 is 2.15 bits per heavy atom. The van der Waals surface area contributed by atoms with Crippen molar-refractivity contribution in [2.24, 2.45) is 5.41 Å². The highest BCUT2D eigenvalue weighted by Crippen LogP contribution is 2.29. The van der Waals surface area contributed by atoms with Crippen LogP contribution in [0.15, 0.2) is 54.2 Å². The number of β-amino-alcohol motifs (C(OH)–C–C–N with tert-alkyl or cyclic N) is 1. The van der Waals surface area contributed by atoms with Gasteiger partial charge in [-0.05, 0) is 61.5 Å². The Morgan fingerprint density at radius 2 is 1.52 bits per heavy atom. The van der Waals surface area contributed by atoms with E-state index in [4.69, 9.17) is 37.4 Å². The first-order valence-corrected chi connectivity index (χ1v) is 26.0. The molecule has 2 fully saturated rings. The number of aromatic nitrogens is 3. The van der Waals surface area contributed by atoms with Crippen LogP contribution in [-0.2, 0) is 46.5 Å². The lowest BCUT2D eigenvalue weighted by Crippen LogP contribution is -2.57. The van der Waals surface area contributed by atoms with Gasteiger partial charge >= 0.3 is 0 Å². The van der Waals surface area contributed by atoms with Gasteiger partial charge in [-0.3, -0.25) is 33.4 Å². The standard InChI is InChI=1S/C50H66Cl2N10O10S/c1-31-44(73-30-56-31)33-10-8-32(9-11-33)27-55-46(66)39-26-35(63)28-62(39)49(69)45(50(2,3)4)59-41(65)15-21-71-23-25-72-24-22-70-20-14-40(64)54-18-19-61-29-38(58-47(67)42-36(51)6-5-7-37(42)52)43(60-61)48(68)57-34-12-16-53-17-13-34/h5-11,29-30,34-35,39,45,53,63H,12-28H2,1-4H3,(H,54,64)(H,55,66)(H,57,68)(H,58,67)(H,59,65)/t35-,39+,45-/m1/s1. The van der Waals surface area contributed by atoms with Crippen molar-refractivity contribution in [2.75, 3.05) is 71.1 Å². The quantitative estimate of drug-likeness (QED) is 0.0462. The molecule has 6 rings (SSSR count). The molecule has 0 bridgehead atoms. The molecule has 0 saturated carbocycles. The van der Waals surface area contributed by atoms with Gasteiger partial charge in [0.05, 0.1) is 89.7 Å². The first kappa shape index (κ1) is 56.8. The minimum Gasteiger partial charge on any atom is -0.391 e. The maximum atomic E-state index is 14.0. The molecule has 23 heteroatoms. The fourth-order valence-corrected chi connectivity index (χ4v) is 9.58. The topological polar surface area (TPSA) is 256 Å². The molecular formula is C50H66Cl2N10O10S. The lowest BCUT2D eigenvalue weighted by molar-refractivity contribution is -0.144. The van der Waals surface area contributed by atoms with Crippen molar-refractivity contribution in [1.82, 2.24) is 46.2 Å². The van der Waals surface area contributed by atoms with Crippen LogP contribution in [-0.4, -0.2) is 150 Å². The molecule has 2 aliphatic rings. The number of benzene rings is 2. The molecular weight excluding hydrogens is 1000 g/mol. The van der Waals surface area contributed by atoms with E-state index in [2.05, 4.69) is 42.0 Å². The van der Waals surface area contributed by atoms with E-state index in [9.17, 15) is 33.9 Å². The highest BCUT2D eigenvalue weighted by Gasteiger charge is 2.44. The Balaban J connectivity index is 0.834. The van der Waals surface area contributed by atoms with E-state index < -0.39 is 47.2 Å². The molecule has 0 spiro atoms. The van der Waals surface area contributed by atoms with Gasteiger partial charge in [-0.1, -0.05) is 74.3 Å². The third-order valence-electron chi connectivity index (χ3n) is 12.2. The molecule has 73 heavy (non-hydrogen) atoms. The van der Waals surface area contributed by atoms with Crippen LogP contribution in [0.3, 0.4) is 0 Å². The van der Waals surface area contributed by atoms with E-state index in [0.717, 1.165) is 47.6 Å². The first-order valence-electron chi connectivity index (χ1n) is 24.4. The number of rotatable bonds is 25. The Hall–Kier alpha value is -5.52. The van der Waals surface area contributed by atoms with Gasteiger partial charge in [0, 0.05) is 51.1 Å². The van der Waals surface area contributed by atoms with Gasteiger partial charge < -0.3 is 56.1 Å². The summed E-state index contributed by atoms with van der Waals surface area (Å²) in [5.41, 5.74) is 4.22. The highest BCUT2D eigenvalue weighted by atomic mass is 35.5. The molecule has 6 amide bonds. The average Bonchev–Trinajstić information content (AvgIpc) is 4.09. The molecule has 2 saturated heterocycles. The van der Waals surface area contributed by atoms with E-state index in [1.165, 1.54) is 15.8 Å². The number of aliphatic hydroxyl groups excluding tert-OH is 1. The molecule has 4 aromatic rings. The Morgan fingerprint density at radius 1 is 0.877 bits per heavy atom. The zero-order valence-corrected chi connectivity index (χ0v) is 43.9. The zero-order chi connectivity index (χ0) is 52.5. The summed E-state index contributed by atoms with van der Waals surface area (Å²) in [5, 5.41) is 32.8. The summed E-state index contributed by atoms with van der Waals surface area (Å²) in [4.78, 5) is 86.2. The zero-order valence-electron chi connectivity index (χ0n) is 41.6.